The Labute approximate surface area is 162 Å². The number of allylic oxidation sites excluding steroid dienone is 2. The van der Waals surface area contributed by atoms with E-state index < -0.39 is 11.6 Å². The smallest absolute Gasteiger partial charge is 0.314 e. The Morgan fingerprint density at radius 1 is 1.11 bits per heavy atom. The van der Waals surface area contributed by atoms with Gasteiger partial charge in [0.1, 0.15) is 12.0 Å². The van der Waals surface area contributed by atoms with Crippen LogP contribution in [0.2, 0.25) is 0 Å². The highest BCUT2D eigenvalue weighted by Crippen LogP contribution is 2.23. The average Bonchev–Trinajstić information content (AvgIpc) is 2.60. The zero-order chi connectivity index (χ0) is 19.2. The Bertz CT molecular complexity index is 838. The number of fused-ring (bicyclic) bond motifs is 1. The van der Waals surface area contributed by atoms with Gasteiger partial charge in [-0.1, -0.05) is 68.1 Å². The van der Waals surface area contributed by atoms with Crippen molar-refractivity contribution in [1.82, 2.24) is 0 Å². The van der Waals surface area contributed by atoms with Gasteiger partial charge in [-0.2, -0.15) is 0 Å². The molecule has 27 heavy (non-hydrogen) atoms. The highest BCUT2D eigenvalue weighted by molar-refractivity contribution is 6.13. The van der Waals surface area contributed by atoms with E-state index in [4.69, 9.17) is 4.74 Å². The number of rotatable bonds is 8. The standard InChI is InChI=1S/C23H26O3.CH4/c1-5-23(4,15-9-10-17(2)3)26-22(25)16-21(24)20-14-8-12-18-11-6-7-13-19(18)20;/h5-8,10-14H,1,9,15-16H2,2-4H3;1H4. The lowest BCUT2D eigenvalue weighted by molar-refractivity contribution is -0.153. The first kappa shape index (κ1) is 22.4. The van der Waals surface area contributed by atoms with E-state index in [9.17, 15) is 9.59 Å². The molecule has 0 aliphatic rings. The molecule has 0 heterocycles. The molecule has 0 saturated carbocycles. The van der Waals surface area contributed by atoms with E-state index in [1.54, 1.807) is 12.1 Å². The van der Waals surface area contributed by atoms with Gasteiger partial charge in [0.2, 0.25) is 0 Å². The molecule has 0 fully saturated rings. The second kappa shape index (κ2) is 9.86. The van der Waals surface area contributed by atoms with E-state index in [0.717, 1.165) is 17.2 Å². The Balaban J connectivity index is 0.00000364. The van der Waals surface area contributed by atoms with Crippen molar-refractivity contribution in [3.05, 3.63) is 72.3 Å². The van der Waals surface area contributed by atoms with Gasteiger partial charge >= 0.3 is 5.97 Å². The molecule has 0 N–H and O–H groups in total. The first-order valence-electron chi connectivity index (χ1n) is 8.84. The molecular weight excluding hydrogens is 336 g/mol. The summed E-state index contributed by atoms with van der Waals surface area (Å²) in [6.07, 6.45) is 4.87. The van der Waals surface area contributed by atoms with E-state index >= 15 is 0 Å². The second-order valence-corrected chi connectivity index (χ2v) is 6.94. The molecule has 0 aliphatic carbocycles. The quantitative estimate of drug-likeness (QED) is 0.239. The second-order valence-electron chi connectivity index (χ2n) is 6.94. The van der Waals surface area contributed by atoms with Crippen molar-refractivity contribution in [3.8, 4) is 0 Å². The topological polar surface area (TPSA) is 43.4 Å². The molecule has 0 spiro atoms. The third-order valence-corrected chi connectivity index (χ3v) is 4.37. The summed E-state index contributed by atoms with van der Waals surface area (Å²) in [5.74, 6) is -0.759. The molecule has 0 saturated heterocycles. The van der Waals surface area contributed by atoms with Crippen LogP contribution < -0.4 is 0 Å². The minimum atomic E-state index is -0.776. The number of esters is 1. The highest BCUT2D eigenvalue weighted by Gasteiger charge is 2.26. The molecular formula is C24H30O3. The molecule has 2 rings (SSSR count). The van der Waals surface area contributed by atoms with Crippen LogP contribution >= 0.6 is 0 Å². The molecule has 3 heteroatoms. The number of carbonyl (C=O) groups excluding carboxylic acids is 2. The summed E-state index contributed by atoms with van der Waals surface area (Å²) >= 11 is 0. The van der Waals surface area contributed by atoms with Gasteiger partial charge in [-0.15, -0.1) is 0 Å². The zero-order valence-corrected chi connectivity index (χ0v) is 15.7. The Kier molecular flexibility index (Phi) is 8.17. The van der Waals surface area contributed by atoms with Crippen LogP contribution in [-0.4, -0.2) is 17.4 Å². The summed E-state index contributed by atoms with van der Waals surface area (Å²) in [7, 11) is 0. The maximum absolute atomic E-state index is 12.6. The van der Waals surface area contributed by atoms with E-state index in [0.29, 0.717) is 12.0 Å². The number of hydrogen-bond donors (Lipinski definition) is 0. The maximum Gasteiger partial charge on any atom is 0.314 e. The minimum absolute atomic E-state index is 0. The molecule has 3 nitrogen and oxygen atoms in total. The van der Waals surface area contributed by atoms with Gasteiger partial charge in [0.05, 0.1) is 0 Å². The number of Topliss-reactive ketones (excluding diaryl/α,β-unsaturated/α-hetero) is 1. The predicted octanol–water partition coefficient (Wildman–Crippen LogP) is 6.28. The van der Waals surface area contributed by atoms with Gasteiger partial charge in [-0.3, -0.25) is 9.59 Å². The van der Waals surface area contributed by atoms with Crippen LogP contribution in [0.15, 0.2) is 66.8 Å². The molecule has 1 unspecified atom stereocenters. The molecule has 0 amide bonds. The van der Waals surface area contributed by atoms with Gasteiger partial charge in [0.15, 0.2) is 5.78 Å². The van der Waals surface area contributed by atoms with Crippen molar-refractivity contribution in [2.75, 3.05) is 0 Å². The van der Waals surface area contributed by atoms with Crippen LogP contribution in [0.5, 0.6) is 0 Å². The summed E-state index contributed by atoms with van der Waals surface area (Å²) in [6.45, 7) is 9.65. The summed E-state index contributed by atoms with van der Waals surface area (Å²) in [4.78, 5) is 24.9. The molecule has 2 aromatic carbocycles. The molecule has 1 atom stereocenters. The lowest BCUT2D eigenvalue weighted by Gasteiger charge is -2.25. The molecule has 0 aromatic heterocycles. The van der Waals surface area contributed by atoms with Crippen LogP contribution in [0.3, 0.4) is 0 Å². The molecule has 0 aliphatic heterocycles. The normalized spacial score (nSPS) is 12.4. The van der Waals surface area contributed by atoms with Crippen molar-refractivity contribution in [1.29, 1.82) is 0 Å². The van der Waals surface area contributed by atoms with Gasteiger partial charge in [0, 0.05) is 5.56 Å². The average molecular weight is 367 g/mol. The number of benzene rings is 2. The van der Waals surface area contributed by atoms with Crippen molar-refractivity contribution < 1.29 is 14.3 Å². The van der Waals surface area contributed by atoms with Crippen LogP contribution in [0, 0.1) is 0 Å². The summed E-state index contributed by atoms with van der Waals surface area (Å²) in [5, 5.41) is 1.83. The lowest BCUT2D eigenvalue weighted by Crippen LogP contribution is -2.30. The highest BCUT2D eigenvalue weighted by atomic mass is 16.6. The van der Waals surface area contributed by atoms with Crippen molar-refractivity contribution in [3.63, 3.8) is 0 Å². The Hall–Kier alpha value is -2.68. The van der Waals surface area contributed by atoms with Crippen molar-refractivity contribution in [2.24, 2.45) is 0 Å². The predicted molar refractivity (Wildman–Crippen MR) is 113 cm³/mol. The van der Waals surface area contributed by atoms with Crippen LogP contribution in [0.25, 0.3) is 10.8 Å². The van der Waals surface area contributed by atoms with Gasteiger partial charge in [0.25, 0.3) is 0 Å². The van der Waals surface area contributed by atoms with E-state index in [1.807, 2.05) is 57.2 Å². The zero-order valence-electron chi connectivity index (χ0n) is 15.7. The lowest BCUT2D eigenvalue weighted by atomic mass is 9.98. The van der Waals surface area contributed by atoms with Crippen molar-refractivity contribution in [2.45, 2.75) is 53.1 Å². The van der Waals surface area contributed by atoms with Gasteiger partial charge in [-0.25, -0.2) is 0 Å². The fourth-order valence-corrected chi connectivity index (χ4v) is 2.83. The molecule has 2 aromatic rings. The van der Waals surface area contributed by atoms with Crippen molar-refractivity contribution >= 4 is 22.5 Å². The molecule has 144 valence electrons. The van der Waals surface area contributed by atoms with Gasteiger partial charge < -0.3 is 4.74 Å². The third kappa shape index (κ3) is 6.21. The fraction of sp³-hybridized carbons (Fsp3) is 0.333. The Morgan fingerprint density at radius 3 is 2.44 bits per heavy atom. The van der Waals surface area contributed by atoms with Crippen LogP contribution in [-0.2, 0) is 9.53 Å². The SMILES string of the molecule is C.C=CC(C)(CCC=C(C)C)OC(=O)CC(=O)c1cccc2ccccc12. The van der Waals surface area contributed by atoms with E-state index in [-0.39, 0.29) is 19.6 Å². The largest absolute Gasteiger partial charge is 0.455 e. The number of carbonyl (C=O) groups is 2. The summed E-state index contributed by atoms with van der Waals surface area (Å²) in [6, 6.07) is 13.2. The van der Waals surface area contributed by atoms with Crippen LogP contribution in [0.4, 0.5) is 0 Å². The number of hydrogen-bond acceptors (Lipinski definition) is 3. The van der Waals surface area contributed by atoms with E-state index in [2.05, 4.69) is 12.7 Å². The molecule has 0 radical (unpaired) electrons. The molecule has 0 bridgehead atoms. The third-order valence-electron chi connectivity index (χ3n) is 4.37. The van der Waals surface area contributed by atoms with E-state index in [1.165, 1.54) is 5.57 Å². The van der Waals surface area contributed by atoms with Gasteiger partial charge in [-0.05, 0) is 50.5 Å². The number of ether oxygens (including phenoxy) is 1. The Morgan fingerprint density at radius 2 is 1.78 bits per heavy atom. The monoisotopic (exact) mass is 366 g/mol. The first-order chi connectivity index (χ1) is 12.3. The summed E-state index contributed by atoms with van der Waals surface area (Å²) < 4.78 is 5.57. The van der Waals surface area contributed by atoms with Crippen LogP contribution in [0.1, 0.15) is 57.8 Å². The summed E-state index contributed by atoms with van der Waals surface area (Å²) in [5.41, 5.74) is 0.987. The minimum Gasteiger partial charge on any atom is -0.455 e. The maximum atomic E-state index is 12.6. The first-order valence-corrected chi connectivity index (χ1v) is 8.84. The number of ketones is 1. The fourth-order valence-electron chi connectivity index (χ4n) is 2.83.